The van der Waals surface area contributed by atoms with Gasteiger partial charge in [0.05, 0.1) is 0 Å². The summed E-state index contributed by atoms with van der Waals surface area (Å²) in [5.74, 6) is -1.23. The van der Waals surface area contributed by atoms with Crippen molar-refractivity contribution in [1.29, 1.82) is 0 Å². The molecule has 0 radical (unpaired) electrons. The summed E-state index contributed by atoms with van der Waals surface area (Å²) in [5.41, 5.74) is 0. The Kier molecular flexibility index (Phi) is 44.4. The topological polar surface area (TPSA) is 78.9 Å². The fourth-order valence-electron chi connectivity index (χ4n) is 5.00. The van der Waals surface area contributed by atoms with Crippen molar-refractivity contribution >= 4 is 17.9 Å². The Morgan fingerprint density at radius 2 is 0.651 bits per heavy atom. The Labute approximate surface area is 382 Å². The van der Waals surface area contributed by atoms with Crippen LogP contribution in [-0.2, 0) is 28.6 Å². The van der Waals surface area contributed by atoms with Gasteiger partial charge in [-0.15, -0.1) is 0 Å². The summed E-state index contributed by atoms with van der Waals surface area (Å²) in [6, 6.07) is 0. The SMILES string of the molecule is CC/C=C/C=C/C=C/C=C/C=C/CCCC(=O)OCC(COC(=O)CC/C=C/C/C=C/C/C=C/C/C=C/C/C=C/C/C=C/CC)OC(=O)CCC/C=C/C=C/C=C/C=C/C=C/CC. The van der Waals surface area contributed by atoms with Gasteiger partial charge in [-0.25, -0.2) is 0 Å². The normalized spacial score (nSPS) is 13.9. The molecule has 0 spiro atoms. The van der Waals surface area contributed by atoms with Crippen LogP contribution in [0, 0.1) is 0 Å². The van der Waals surface area contributed by atoms with Crippen LogP contribution in [0.5, 0.6) is 0 Å². The Hall–Kier alpha value is -5.75. The van der Waals surface area contributed by atoms with Crippen molar-refractivity contribution in [2.75, 3.05) is 13.2 Å². The van der Waals surface area contributed by atoms with Gasteiger partial charge >= 0.3 is 17.9 Å². The molecule has 0 aliphatic rings. The van der Waals surface area contributed by atoms with E-state index >= 15 is 0 Å². The van der Waals surface area contributed by atoms with Crippen LogP contribution < -0.4 is 0 Å². The first-order valence-electron chi connectivity index (χ1n) is 23.1. The van der Waals surface area contributed by atoms with Gasteiger partial charge in [-0.3, -0.25) is 14.4 Å². The lowest BCUT2D eigenvalue weighted by Gasteiger charge is -2.18. The van der Waals surface area contributed by atoms with Crippen LogP contribution in [0.3, 0.4) is 0 Å². The molecule has 1 unspecified atom stereocenters. The number of esters is 3. The minimum atomic E-state index is -0.886. The third-order valence-corrected chi connectivity index (χ3v) is 8.34. The maximum Gasteiger partial charge on any atom is 0.306 e. The van der Waals surface area contributed by atoms with E-state index in [-0.39, 0.29) is 32.5 Å². The number of allylic oxidation sites excluding steroid dienone is 32. The van der Waals surface area contributed by atoms with Crippen molar-refractivity contribution in [3.05, 3.63) is 194 Å². The molecule has 1 atom stereocenters. The number of carbonyl (C=O) groups excluding carboxylic acids is 3. The summed E-state index contributed by atoms with van der Waals surface area (Å²) in [6.45, 7) is 5.98. The maximum absolute atomic E-state index is 12.7. The number of unbranched alkanes of at least 4 members (excludes halogenated alkanes) is 2. The lowest BCUT2D eigenvalue weighted by Crippen LogP contribution is -2.30. The van der Waals surface area contributed by atoms with Crippen molar-refractivity contribution in [3.8, 4) is 0 Å². The molecule has 0 N–H and O–H groups in total. The van der Waals surface area contributed by atoms with Crippen LogP contribution in [0.1, 0.15) is 124 Å². The summed E-state index contributed by atoms with van der Waals surface area (Å²) in [7, 11) is 0. The highest BCUT2D eigenvalue weighted by molar-refractivity contribution is 5.71. The van der Waals surface area contributed by atoms with Gasteiger partial charge in [0.25, 0.3) is 0 Å². The summed E-state index contributed by atoms with van der Waals surface area (Å²) in [4.78, 5) is 37.7. The van der Waals surface area contributed by atoms with Gasteiger partial charge in [0.15, 0.2) is 6.10 Å². The Morgan fingerprint density at radius 1 is 0.333 bits per heavy atom. The van der Waals surface area contributed by atoms with E-state index in [1.165, 1.54) is 0 Å². The molecule has 0 heterocycles. The highest BCUT2D eigenvalue weighted by Crippen LogP contribution is 2.07. The minimum Gasteiger partial charge on any atom is -0.462 e. The molecule has 0 aromatic carbocycles. The van der Waals surface area contributed by atoms with Gasteiger partial charge < -0.3 is 14.2 Å². The second-order valence-electron chi connectivity index (χ2n) is 14.1. The third-order valence-electron chi connectivity index (χ3n) is 8.34. The zero-order chi connectivity index (χ0) is 45.8. The fourth-order valence-corrected chi connectivity index (χ4v) is 5.00. The number of hydrogen-bond acceptors (Lipinski definition) is 6. The highest BCUT2D eigenvalue weighted by Gasteiger charge is 2.19. The molecular formula is C57H78O6. The lowest BCUT2D eigenvalue weighted by atomic mass is 10.2. The van der Waals surface area contributed by atoms with Crippen LogP contribution in [0.25, 0.3) is 0 Å². The van der Waals surface area contributed by atoms with Gasteiger partial charge in [-0.2, -0.15) is 0 Å². The Balaban J connectivity index is 4.75. The molecule has 0 aromatic heterocycles. The molecule has 0 aromatic rings. The predicted molar refractivity (Wildman–Crippen MR) is 269 cm³/mol. The fraction of sp³-hybridized carbons (Fsp3) is 0.386. The zero-order valence-corrected chi connectivity index (χ0v) is 38.7. The predicted octanol–water partition coefficient (Wildman–Crippen LogP) is 15.2. The molecule has 6 heteroatoms. The van der Waals surface area contributed by atoms with Crippen molar-refractivity contribution in [3.63, 3.8) is 0 Å². The van der Waals surface area contributed by atoms with E-state index in [0.29, 0.717) is 32.1 Å². The van der Waals surface area contributed by atoms with E-state index in [0.717, 1.165) is 51.4 Å². The first-order valence-corrected chi connectivity index (χ1v) is 23.1. The van der Waals surface area contributed by atoms with E-state index < -0.39 is 24.0 Å². The van der Waals surface area contributed by atoms with E-state index in [1.807, 2.05) is 122 Å². The third kappa shape index (κ3) is 47.2. The smallest absolute Gasteiger partial charge is 0.306 e. The summed E-state index contributed by atoms with van der Waals surface area (Å²) in [6.07, 6.45) is 75.8. The van der Waals surface area contributed by atoms with Crippen molar-refractivity contribution in [1.82, 2.24) is 0 Å². The molecule has 0 amide bonds. The molecule has 0 aliphatic carbocycles. The van der Waals surface area contributed by atoms with E-state index in [1.54, 1.807) is 0 Å². The van der Waals surface area contributed by atoms with Crippen LogP contribution >= 0.6 is 0 Å². The summed E-state index contributed by atoms with van der Waals surface area (Å²) in [5, 5.41) is 0. The second kappa shape index (κ2) is 48.9. The molecule has 342 valence electrons. The molecule has 6 nitrogen and oxygen atoms in total. The lowest BCUT2D eigenvalue weighted by molar-refractivity contribution is -0.166. The monoisotopic (exact) mass is 859 g/mol. The van der Waals surface area contributed by atoms with Gasteiger partial charge in [0, 0.05) is 19.3 Å². The first kappa shape index (κ1) is 57.2. The van der Waals surface area contributed by atoms with Crippen LogP contribution in [0.2, 0.25) is 0 Å². The molecule has 0 bridgehead atoms. The van der Waals surface area contributed by atoms with Crippen LogP contribution in [0.15, 0.2) is 194 Å². The summed E-state index contributed by atoms with van der Waals surface area (Å²) >= 11 is 0. The van der Waals surface area contributed by atoms with Gasteiger partial charge in [-0.1, -0.05) is 215 Å². The number of ether oxygens (including phenoxy) is 3. The van der Waals surface area contributed by atoms with Crippen molar-refractivity contribution in [2.24, 2.45) is 0 Å². The van der Waals surface area contributed by atoms with Crippen LogP contribution in [0.4, 0.5) is 0 Å². The second-order valence-corrected chi connectivity index (χ2v) is 14.1. The zero-order valence-electron chi connectivity index (χ0n) is 38.7. The van der Waals surface area contributed by atoms with Crippen LogP contribution in [-0.4, -0.2) is 37.2 Å². The first-order chi connectivity index (χ1) is 31.0. The Morgan fingerprint density at radius 3 is 1.05 bits per heavy atom. The average Bonchev–Trinajstić information content (AvgIpc) is 3.28. The quantitative estimate of drug-likeness (QED) is 0.0204. The molecule has 63 heavy (non-hydrogen) atoms. The minimum absolute atomic E-state index is 0.180. The maximum atomic E-state index is 12.7. The molecule has 0 aliphatic heterocycles. The average molecular weight is 859 g/mol. The molecule has 0 saturated heterocycles. The number of rotatable bonds is 37. The van der Waals surface area contributed by atoms with Crippen molar-refractivity contribution < 1.29 is 28.6 Å². The van der Waals surface area contributed by atoms with E-state index in [9.17, 15) is 14.4 Å². The highest BCUT2D eigenvalue weighted by atomic mass is 16.6. The van der Waals surface area contributed by atoms with Gasteiger partial charge in [0.2, 0.25) is 0 Å². The standard InChI is InChI=1S/C57H78O6/c1-4-7-10-13-16-19-22-25-26-27-28-29-30-33-35-38-41-44-47-50-56(59)62-53-54(63-57(60)51-48-45-42-39-36-32-24-21-18-15-12-9-6-3)52-61-55(58)49-46-43-40-37-34-31-23-20-17-14-11-8-5-2/h7-12,14-21,23-26,28-29,31-37,39-42,44,54H,4-6,13,22,27,30,38,43,45-53H2,1-3H3/b10-7+,11-8+,12-9+,17-14+,18-15+,19-16+,23-20+,24-21+,26-25+,29-28+,34-31+,35-33+,36-32+,40-37+,42-39+,44-41+. The summed E-state index contributed by atoms with van der Waals surface area (Å²) < 4.78 is 16.5. The largest absolute Gasteiger partial charge is 0.462 e. The van der Waals surface area contributed by atoms with Gasteiger partial charge in [-0.05, 0) is 83.5 Å². The van der Waals surface area contributed by atoms with Crippen molar-refractivity contribution in [2.45, 2.75) is 130 Å². The molecular weight excluding hydrogens is 781 g/mol. The van der Waals surface area contributed by atoms with Gasteiger partial charge in [0.1, 0.15) is 13.2 Å². The molecule has 0 saturated carbocycles. The number of carbonyl (C=O) groups is 3. The molecule has 0 fully saturated rings. The Bertz CT molecular complexity index is 1640. The number of hydrogen-bond donors (Lipinski definition) is 0. The molecule has 0 rings (SSSR count). The van der Waals surface area contributed by atoms with E-state index in [4.69, 9.17) is 14.2 Å². The van der Waals surface area contributed by atoms with E-state index in [2.05, 4.69) is 93.7 Å².